The van der Waals surface area contributed by atoms with Crippen LogP contribution in [0.1, 0.15) is 0 Å². The number of anilines is 1. The second-order valence-electron chi connectivity index (χ2n) is 4.60. The van der Waals surface area contributed by atoms with E-state index in [4.69, 9.17) is 31.5 Å². The van der Waals surface area contributed by atoms with E-state index in [0.29, 0.717) is 41.2 Å². The third-order valence-corrected chi connectivity index (χ3v) is 3.29. The molecule has 24 heavy (non-hydrogen) atoms. The summed E-state index contributed by atoms with van der Waals surface area (Å²) in [6.45, 7) is 0.645. The van der Waals surface area contributed by atoms with E-state index in [1.807, 2.05) is 0 Å². The number of ether oxygens (including phenoxy) is 3. The van der Waals surface area contributed by atoms with Crippen molar-refractivity contribution in [1.82, 2.24) is 4.98 Å². The van der Waals surface area contributed by atoms with Crippen LogP contribution in [0.15, 0.2) is 41.5 Å². The fourth-order valence-corrected chi connectivity index (χ4v) is 2.05. The molecule has 2 rings (SSSR count). The Kier molecular flexibility index (Phi) is 6.51. The molecule has 0 aliphatic rings. The molecule has 1 aromatic heterocycles. The van der Waals surface area contributed by atoms with Gasteiger partial charge < -0.3 is 25.3 Å². The van der Waals surface area contributed by atoms with Crippen LogP contribution in [0.2, 0.25) is 5.02 Å². The Bertz CT molecular complexity index is 709. The Labute approximate surface area is 145 Å². The number of nitrogens with two attached hydrogens (primary N) is 1. The van der Waals surface area contributed by atoms with Gasteiger partial charge in [0, 0.05) is 12.3 Å². The molecule has 0 radical (unpaired) electrons. The van der Waals surface area contributed by atoms with Crippen LogP contribution in [0.5, 0.6) is 17.4 Å². The van der Waals surface area contributed by atoms with Gasteiger partial charge in [-0.25, -0.2) is 9.98 Å². The zero-order valence-corrected chi connectivity index (χ0v) is 14.2. The van der Waals surface area contributed by atoms with Gasteiger partial charge in [0.2, 0.25) is 5.88 Å². The fourth-order valence-electron chi connectivity index (χ4n) is 1.88. The third kappa shape index (κ3) is 4.92. The number of methoxy groups -OCH3 is 2. The van der Waals surface area contributed by atoms with Crippen molar-refractivity contribution >= 4 is 23.2 Å². The van der Waals surface area contributed by atoms with E-state index in [9.17, 15) is 0 Å². The largest absolute Gasteiger partial charge is 0.497 e. The van der Waals surface area contributed by atoms with Crippen LogP contribution in [0.25, 0.3) is 0 Å². The van der Waals surface area contributed by atoms with E-state index in [1.54, 1.807) is 50.7 Å². The zero-order chi connectivity index (χ0) is 17.4. The lowest BCUT2D eigenvalue weighted by Crippen LogP contribution is -2.24. The highest BCUT2D eigenvalue weighted by Crippen LogP contribution is 2.28. The van der Waals surface area contributed by atoms with Crippen LogP contribution in [-0.2, 0) is 0 Å². The highest BCUT2D eigenvalue weighted by molar-refractivity contribution is 6.31. The normalized spacial score (nSPS) is 11.0. The molecule has 0 saturated carbocycles. The number of nitrogens with zero attached hydrogens (tertiary/aromatic N) is 2. The minimum Gasteiger partial charge on any atom is -0.497 e. The predicted molar refractivity (Wildman–Crippen MR) is 94.4 cm³/mol. The van der Waals surface area contributed by atoms with Crippen molar-refractivity contribution in [2.75, 3.05) is 32.7 Å². The van der Waals surface area contributed by atoms with Gasteiger partial charge in [-0.2, -0.15) is 0 Å². The molecule has 0 atom stereocenters. The number of guanidine groups is 1. The number of pyridine rings is 1. The molecule has 0 bridgehead atoms. The van der Waals surface area contributed by atoms with Crippen molar-refractivity contribution in [1.29, 1.82) is 0 Å². The van der Waals surface area contributed by atoms with Gasteiger partial charge >= 0.3 is 0 Å². The standard InChI is InChI=1S/C16H19ClN4O3/c1-22-11-5-6-14(23-2)13(10-11)21-16(18)20-8-9-24-15-12(17)4-3-7-19-15/h3-7,10H,8-9H2,1-2H3,(H3,18,20,21). The summed E-state index contributed by atoms with van der Waals surface area (Å²) in [7, 11) is 3.16. The molecule has 1 aromatic carbocycles. The molecular weight excluding hydrogens is 332 g/mol. The molecule has 0 unspecified atom stereocenters. The number of aliphatic imine (C=N–C) groups is 1. The molecular formula is C16H19ClN4O3. The molecule has 0 fully saturated rings. The second kappa shape index (κ2) is 8.83. The number of hydrogen-bond donors (Lipinski definition) is 2. The van der Waals surface area contributed by atoms with E-state index in [0.717, 1.165) is 0 Å². The van der Waals surface area contributed by atoms with Crippen molar-refractivity contribution in [3.8, 4) is 17.4 Å². The zero-order valence-electron chi connectivity index (χ0n) is 13.5. The van der Waals surface area contributed by atoms with E-state index in [2.05, 4.69) is 15.3 Å². The number of halogens is 1. The van der Waals surface area contributed by atoms with Gasteiger partial charge in [-0.1, -0.05) is 11.6 Å². The number of hydrogen-bond acceptors (Lipinski definition) is 5. The monoisotopic (exact) mass is 350 g/mol. The quantitative estimate of drug-likeness (QED) is 0.453. The molecule has 0 spiro atoms. The average Bonchev–Trinajstić information content (AvgIpc) is 2.60. The molecule has 0 aliphatic carbocycles. The minimum absolute atomic E-state index is 0.234. The Morgan fingerprint density at radius 2 is 2.12 bits per heavy atom. The van der Waals surface area contributed by atoms with Gasteiger partial charge in [0.1, 0.15) is 23.1 Å². The molecule has 0 aliphatic heterocycles. The Morgan fingerprint density at radius 3 is 2.83 bits per heavy atom. The number of aromatic nitrogens is 1. The highest BCUT2D eigenvalue weighted by Gasteiger charge is 2.06. The Hall–Kier alpha value is -2.67. The lowest BCUT2D eigenvalue weighted by molar-refractivity contribution is 0.316. The van der Waals surface area contributed by atoms with Crippen molar-refractivity contribution in [3.63, 3.8) is 0 Å². The lowest BCUT2D eigenvalue weighted by Gasteiger charge is -2.12. The molecule has 0 amide bonds. The van der Waals surface area contributed by atoms with Gasteiger partial charge in [0.25, 0.3) is 0 Å². The van der Waals surface area contributed by atoms with Crippen molar-refractivity contribution < 1.29 is 14.2 Å². The van der Waals surface area contributed by atoms with Crippen molar-refractivity contribution in [2.24, 2.45) is 10.7 Å². The Morgan fingerprint density at radius 1 is 1.29 bits per heavy atom. The summed E-state index contributed by atoms with van der Waals surface area (Å²) in [4.78, 5) is 8.21. The summed E-state index contributed by atoms with van der Waals surface area (Å²) < 4.78 is 15.9. The average molecular weight is 351 g/mol. The smallest absolute Gasteiger partial charge is 0.232 e. The first-order chi connectivity index (χ1) is 11.6. The molecule has 7 nitrogen and oxygen atoms in total. The number of benzene rings is 1. The summed E-state index contributed by atoms with van der Waals surface area (Å²) in [5, 5.41) is 3.42. The van der Waals surface area contributed by atoms with Gasteiger partial charge in [0.15, 0.2) is 5.96 Å². The molecule has 1 heterocycles. The van der Waals surface area contributed by atoms with Gasteiger partial charge in [0.05, 0.1) is 26.5 Å². The first-order valence-corrected chi connectivity index (χ1v) is 7.54. The summed E-state index contributed by atoms with van der Waals surface area (Å²) in [5.74, 6) is 1.91. The summed E-state index contributed by atoms with van der Waals surface area (Å²) in [5.41, 5.74) is 6.53. The van der Waals surface area contributed by atoms with Gasteiger partial charge in [-0.15, -0.1) is 0 Å². The van der Waals surface area contributed by atoms with Gasteiger partial charge in [-0.05, 0) is 24.3 Å². The molecule has 3 N–H and O–H groups in total. The maximum Gasteiger partial charge on any atom is 0.232 e. The molecule has 2 aromatic rings. The van der Waals surface area contributed by atoms with Crippen LogP contribution in [0.3, 0.4) is 0 Å². The number of rotatable bonds is 7. The van der Waals surface area contributed by atoms with Gasteiger partial charge in [-0.3, -0.25) is 0 Å². The van der Waals surface area contributed by atoms with E-state index in [-0.39, 0.29) is 5.96 Å². The Balaban J connectivity index is 1.91. The fraction of sp³-hybridized carbons (Fsp3) is 0.250. The minimum atomic E-state index is 0.234. The first kappa shape index (κ1) is 17.7. The highest BCUT2D eigenvalue weighted by atomic mass is 35.5. The SMILES string of the molecule is COc1ccc(OC)c(NC(N)=NCCOc2ncccc2Cl)c1. The third-order valence-electron chi connectivity index (χ3n) is 3.01. The van der Waals surface area contributed by atoms with E-state index in [1.165, 1.54) is 0 Å². The maximum atomic E-state index is 5.95. The van der Waals surface area contributed by atoms with Crippen LogP contribution >= 0.6 is 11.6 Å². The van der Waals surface area contributed by atoms with Crippen LogP contribution in [0, 0.1) is 0 Å². The van der Waals surface area contributed by atoms with Crippen molar-refractivity contribution in [3.05, 3.63) is 41.6 Å². The van der Waals surface area contributed by atoms with Crippen molar-refractivity contribution in [2.45, 2.75) is 0 Å². The van der Waals surface area contributed by atoms with E-state index < -0.39 is 0 Å². The number of nitrogens with one attached hydrogen (secondary N) is 1. The van der Waals surface area contributed by atoms with Crippen LogP contribution < -0.4 is 25.3 Å². The molecule has 128 valence electrons. The summed E-state index contributed by atoms with van der Waals surface area (Å²) in [6, 6.07) is 8.78. The predicted octanol–water partition coefficient (Wildman–Crippen LogP) is 2.56. The molecule has 0 saturated heterocycles. The first-order valence-electron chi connectivity index (χ1n) is 7.16. The summed E-state index contributed by atoms with van der Waals surface area (Å²) in [6.07, 6.45) is 1.61. The maximum absolute atomic E-state index is 5.95. The second-order valence-corrected chi connectivity index (χ2v) is 5.00. The molecule has 8 heteroatoms. The topological polar surface area (TPSA) is 91.0 Å². The van der Waals surface area contributed by atoms with Crippen LogP contribution in [-0.4, -0.2) is 38.3 Å². The van der Waals surface area contributed by atoms with E-state index >= 15 is 0 Å². The lowest BCUT2D eigenvalue weighted by atomic mass is 10.2. The summed E-state index contributed by atoms with van der Waals surface area (Å²) >= 11 is 5.95. The van der Waals surface area contributed by atoms with Crippen LogP contribution in [0.4, 0.5) is 5.69 Å².